The number of hydrogen-bond acceptors (Lipinski definition) is 3. The molecule has 0 aromatic rings. The van der Waals surface area contributed by atoms with E-state index in [1.54, 1.807) is 6.92 Å². The number of aliphatic carboxylic acids is 1. The van der Waals surface area contributed by atoms with Gasteiger partial charge in [0.25, 0.3) is 0 Å². The van der Waals surface area contributed by atoms with Crippen molar-refractivity contribution in [1.29, 1.82) is 0 Å². The Morgan fingerprint density at radius 1 is 1.11 bits per heavy atom. The first-order valence-corrected chi connectivity index (χ1v) is 7.63. The Bertz CT molecular complexity index is 233. The van der Waals surface area contributed by atoms with Crippen LogP contribution in [0.4, 0.5) is 0 Å². The van der Waals surface area contributed by atoms with Crippen LogP contribution in [0.5, 0.6) is 0 Å². The van der Waals surface area contributed by atoms with Crippen molar-refractivity contribution < 1.29 is 14.6 Å². The Hall–Kier alpha value is -0.610. The molecule has 0 aromatic heterocycles. The van der Waals surface area contributed by atoms with Gasteiger partial charge in [-0.1, -0.05) is 33.1 Å². The molecular weight excluding hydrogens is 242 g/mol. The average Bonchev–Trinajstić information content (AvgIpc) is 2.39. The molecule has 4 nitrogen and oxygen atoms in total. The minimum atomic E-state index is -0.818. The number of carboxylic acids is 1. The van der Waals surface area contributed by atoms with Crippen molar-refractivity contribution in [2.45, 2.75) is 71.3 Å². The first-order chi connectivity index (χ1) is 9.06. The van der Waals surface area contributed by atoms with Gasteiger partial charge in [-0.3, -0.25) is 4.79 Å². The molecule has 0 bridgehead atoms. The van der Waals surface area contributed by atoms with Crippen molar-refractivity contribution in [3.05, 3.63) is 0 Å². The van der Waals surface area contributed by atoms with Gasteiger partial charge < -0.3 is 15.2 Å². The van der Waals surface area contributed by atoms with Crippen LogP contribution in [0.15, 0.2) is 0 Å². The standard InChI is InChI=1S/C15H31NO3/c1-4-6-7-8-12-19-13-9-10-15(3,14(17)18)16-11-5-2/h16H,4-13H2,1-3H3,(H,17,18). The van der Waals surface area contributed by atoms with Crippen molar-refractivity contribution in [2.75, 3.05) is 19.8 Å². The van der Waals surface area contributed by atoms with Gasteiger partial charge in [-0.15, -0.1) is 0 Å². The Balaban J connectivity index is 3.67. The quantitative estimate of drug-likeness (QED) is 0.506. The minimum absolute atomic E-state index is 0.608. The second-order valence-corrected chi connectivity index (χ2v) is 5.34. The third-order valence-electron chi connectivity index (χ3n) is 3.34. The predicted molar refractivity (Wildman–Crippen MR) is 78.5 cm³/mol. The highest BCUT2D eigenvalue weighted by Gasteiger charge is 2.31. The van der Waals surface area contributed by atoms with Gasteiger partial charge >= 0.3 is 5.97 Å². The van der Waals surface area contributed by atoms with Gasteiger partial charge in [-0.2, -0.15) is 0 Å². The number of unbranched alkanes of at least 4 members (excludes halogenated alkanes) is 3. The molecule has 0 saturated carbocycles. The lowest BCUT2D eigenvalue weighted by atomic mass is 9.96. The van der Waals surface area contributed by atoms with Crippen molar-refractivity contribution >= 4 is 5.97 Å². The third kappa shape index (κ3) is 9.00. The summed E-state index contributed by atoms with van der Waals surface area (Å²) in [6, 6.07) is 0. The zero-order chi connectivity index (χ0) is 14.6. The summed E-state index contributed by atoms with van der Waals surface area (Å²) < 4.78 is 5.54. The molecule has 0 aliphatic carbocycles. The lowest BCUT2D eigenvalue weighted by Gasteiger charge is -2.26. The molecule has 0 aliphatic rings. The zero-order valence-corrected chi connectivity index (χ0v) is 12.8. The molecule has 0 saturated heterocycles. The van der Waals surface area contributed by atoms with Crippen molar-refractivity contribution in [2.24, 2.45) is 0 Å². The van der Waals surface area contributed by atoms with Gasteiger partial charge in [-0.25, -0.2) is 0 Å². The summed E-state index contributed by atoms with van der Waals surface area (Å²) >= 11 is 0. The Morgan fingerprint density at radius 2 is 1.79 bits per heavy atom. The summed E-state index contributed by atoms with van der Waals surface area (Å²) in [7, 11) is 0. The topological polar surface area (TPSA) is 58.6 Å². The second kappa shape index (κ2) is 11.2. The highest BCUT2D eigenvalue weighted by atomic mass is 16.5. The average molecular weight is 273 g/mol. The summed E-state index contributed by atoms with van der Waals surface area (Å²) in [6.07, 6.45) is 7.17. The number of nitrogens with one attached hydrogen (secondary N) is 1. The molecule has 1 atom stereocenters. The summed E-state index contributed by atoms with van der Waals surface area (Å²) in [6.45, 7) is 8.17. The maximum Gasteiger partial charge on any atom is 0.323 e. The van der Waals surface area contributed by atoms with Crippen LogP contribution in [0.3, 0.4) is 0 Å². The molecule has 0 rings (SSSR count). The fraction of sp³-hybridized carbons (Fsp3) is 0.933. The Kier molecular flexibility index (Phi) is 10.9. The molecule has 0 aliphatic heterocycles. The third-order valence-corrected chi connectivity index (χ3v) is 3.34. The Labute approximate surface area is 117 Å². The van der Waals surface area contributed by atoms with E-state index in [4.69, 9.17) is 4.74 Å². The van der Waals surface area contributed by atoms with E-state index in [1.807, 2.05) is 6.92 Å². The molecule has 0 radical (unpaired) electrons. The Morgan fingerprint density at radius 3 is 2.37 bits per heavy atom. The van der Waals surface area contributed by atoms with Gasteiger partial charge in [0.05, 0.1) is 0 Å². The fourth-order valence-corrected chi connectivity index (χ4v) is 1.93. The number of carboxylic acid groups (broad SMARTS) is 1. The number of rotatable bonds is 13. The molecule has 0 fully saturated rings. The van der Waals surface area contributed by atoms with Crippen LogP contribution in [0, 0.1) is 0 Å². The van der Waals surface area contributed by atoms with E-state index in [-0.39, 0.29) is 0 Å². The fourth-order valence-electron chi connectivity index (χ4n) is 1.93. The monoisotopic (exact) mass is 273 g/mol. The minimum Gasteiger partial charge on any atom is -0.480 e. The molecule has 0 amide bonds. The maximum absolute atomic E-state index is 11.3. The summed E-state index contributed by atoms with van der Waals surface area (Å²) in [5.41, 5.74) is -0.818. The lowest BCUT2D eigenvalue weighted by Crippen LogP contribution is -2.49. The molecule has 4 heteroatoms. The van der Waals surface area contributed by atoms with Gasteiger partial charge in [0, 0.05) is 13.2 Å². The summed E-state index contributed by atoms with van der Waals surface area (Å²) in [5, 5.41) is 12.4. The zero-order valence-electron chi connectivity index (χ0n) is 12.8. The van der Waals surface area contributed by atoms with Crippen LogP contribution in [-0.2, 0) is 9.53 Å². The van der Waals surface area contributed by atoms with Gasteiger partial charge in [0.1, 0.15) is 5.54 Å². The normalized spacial score (nSPS) is 14.3. The van der Waals surface area contributed by atoms with Crippen molar-refractivity contribution in [1.82, 2.24) is 5.32 Å². The number of ether oxygens (including phenoxy) is 1. The molecule has 0 spiro atoms. The largest absolute Gasteiger partial charge is 0.480 e. The molecule has 19 heavy (non-hydrogen) atoms. The molecule has 114 valence electrons. The van der Waals surface area contributed by atoms with Crippen LogP contribution in [0.25, 0.3) is 0 Å². The van der Waals surface area contributed by atoms with Crippen LogP contribution in [0.1, 0.15) is 65.7 Å². The van der Waals surface area contributed by atoms with Gasteiger partial charge in [-0.05, 0) is 39.2 Å². The van der Waals surface area contributed by atoms with Gasteiger partial charge in [0.2, 0.25) is 0 Å². The van der Waals surface area contributed by atoms with E-state index in [2.05, 4.69) is 12.2 Å². The van der Waals surface area contributed by atoms with E-state index in [1.165, 1.54) is 19.3 Å². The van der Waals surface area contributed by atoms with E-state index >= 15 is 0 Å². The van der Waals surface area contributed by atoms with E-state index in [0.717, 1.165) is 32.4 Å². The number of carbonyl (C=O) groups is 1. The summed E-state index contributed by atoms with van der Waals surface area (Å²) in [5.74, 6) is -0.774. The highest BCUT2D eigenvalue weighted by Crippen LogP contribution is 2.13. The predicted octanol–water partition coefficient (Wildman–Crippen LogP) is 3.21. The smallest absolute Gasteiger partial charge is 0.323 e. The van der Waals surface area contributed by atoms with Gasteiger partial charge in [0.15, 0.2) is 0 Å². The first-order valence-electron chi connectivity index (χ1n) is 7.63. The molecular formula is C15H31NO3. The lowest BCUT2D eigenvalue weighted by molar-refractivity contribution is -0.144. The van der Waals surface area contributed by atoms with E-state index in [9.17, 15) is 9.90 Å². The van der Waals surface area contributed by atoms with Crippen molar-refractivity contribution in [3.63, 3.8) is 0 Å². The van der Waals surface area contributed by atoms with Crippen molar-refractivity contribution in [3.8, 4) is 0 Å². The van der Waals surface area contributed by atoms with E-state index in [0.29, 0.717) is 13.0 Å². The molecule has 1 unspecified atom stereocenters. The molecule has 0 heterocycles. The molecule has 0 aromatic carbocycles. The SMILES string of the molecule is CCCCCCOCCCC(C)(NCCC)C(=O)O. The maximum atomic E-state index is 11.3. The second-order valence-electron chi connectivity index (χ2n) is 5.34. The highest BCUT2D eigenvalue weighted by molar-refractivity contribution is 5.78. The van der Waals surface area contributed by atoms with Crippen LogP contribution in [-0.4, -0.2) is 36.4 Å². The van der Waals surface area contributed by atoms with Crippen LogP contribution in [0.2, 0.25) is 0 Å². The number of hydrogen-bond donors (Lipinski definition) is 2. The first kappa shape index (κ1) is 18.4. The summed E-state index contributed by atoms with van der Waals surface area (Å²) in [4.78, 5) is 11.3. The van der Waals surface area contributed by atoms with Crippen LogP contribution < -0.4 is 5.32 Å². The molecule has 2 N–H and O–H groups in total. The van der Waals surface area contributed by atoms with Crippen LogP contribution >= 0.6 is 0 Å². The van der Waals surface area contributed by atoms with E-state index < -0.39 is 11.5 Å².